The molecule has 0 aliphatic carbocycles. The van der Waals surface area contributed by atoms with E-state index < -0.39 is 0 Å². The van der Waals surface area contributed by atoms with E-state index in [-0.39, 0.29) is 18.0 Å². The third-order valence-electron chi connectivity index (χ3n) is 5.67. The van der Waals surface area contributed by atoms with E-state index in [4.69, 9.17) is 11.6 Å². The van der Waals surface area contributed by atoms with Crippen LogP contribution in [0.5, 0.6) is 0 Å². The van der Waals surface area contributed by atoms with Crippen molar-refractivity contribution in [1.82, 2.24) is 16.3 Å². The second-order valence-corrected chi connectivity index (χ2v) is 8.08. The predicted molar refractivity (Wildman–Crippen MR) is 126 cm³/mol. The lowest BCUT2D eigenvalue weighted by Gasteiger charge is -2.10. The Labute approximate surface area is 185 Å². The van der Waals surface area contributed by atoms with Gasteiger partial charge >= 0.3 is 0 Å². The van der Waals surface area contributed by atoms with Crippen LogP contribution < -0.4 is 16.3 Å². The molecule has 154 valence electrons. The number of amides is 1. The van der Waals surface area contributed by atoms with Crippen LogP contribution in [0.4, 0.5) is 0 Å². The zero-order valence-electron chi connectivity index (χ0n) is 16.7. The van der Waals surface area contributed by atoms with Gasteiger partial charge in [0.1, 0.15) is 6.04 Å². The lowest BCUT2D eigenvalue weighted by molar-refractivity contribution is -0.122. The normalized spacial score (nSPS) is 18.7. The summed E-state index contributed by atoms with van der Waals surface area (Å²) >= 11 is 5.96. The van der Waals surface area contributed by atoms with Gasteiger partial charge in [-0.3, -0.25) is 4.79 Å². The van der Waals surface area contributed by atoms with E-state index in [1.54, 1.807) is 6.21 Å². The number of hydrazine groups is 1. The van der Waals surface area contributed by atoms with Gasteiger partial charge in [-0.05, 0) is 51.7 Å². The predicted octanol–water partition coefficient (Wildman–Crippen LogP) is 4.70. The molecule has 2 unspecified atom stereocenters. The Balaban J connectivity index is 1.33. The second kappa shape index (κ2) is 8.47. The van der Waals surface area contributed by atoms with Crippen LogP contribution in [0.1, 0.15) is 23.6 Å². The number of hydrazone groups is 1. The molecule has 1 heterocycles. The Hall–Kier alpha value is -3.25. The molecule has 6 heteroatoms. The zero-order valence-corrected chi connectivity index (χ0v) is 17.4. The molecule has 1 fully saturated rings. The third-order valence-corrected chi connectivity index (χ3v) is 5.93. The van der Waals surface area contributed by atoms with Crippen molar-refractivity contribution >= 4 is 45.3 Å². The van der Waals surface area contributed by atoms with Gasteiger partial charge in [-0.15, -0.1) is 0 Å². The maximum absolute atomic E-state index is 12.6. The molecule has 1 saturated heterocycles. The van der Waals surface area contributed by atoms with Crippen molar-refractivity contribution in [3.63, 3.8) is 0 Å². The number of fused-ring (bicyclic) bond motifs is 2. The van der Waals surface area contributed by atoms with Crippen molar-refractivity contribution in [1.29, 1.82) is 0 Å². The number of carbonyl (C=O) groups is 1. The van der Waals surface area contributed by atoms with Crippen molar-refractivity contribution in [2.24, 2.45) is 5.10 Å². The maximum Gasteiger partial charge on any atom is 0.258 e. The van der Waals surface area contributed by atoms with Crippen LogP contribution in [-0.2, 0) is 4.79 Å². The minimum absolute atomic E-state index is 0.0407. The highest BCUT2D eigenvalue weighted by Crippen LogP contribution is 2.27. The summed E-state index contributed by atoms with van der Waals surface area (Å²) in [6.45, 7) is 0. The molecule has 4 aromatic rings. The molecule has 3 N–H and O–H groups in total. The van der Waals surface area contributed by atoms with E-state index in [9.17, 15) is 4.79 Å². The van der Waals surface area contributed by atoms with Gasteiger partial charge in [-0.2, -0.15) is 5.10 Å². The fourth-order valence-electron chi connectivity index (χ4n) is 4.07. The molecule has 2 atom stereocenters. The Morgan fingerprint density at radius 2 is 1.58 bits per heavy atom. The number of nitrogens with one attached hydrogen (secondary N) is 3. The summed E-state index contributed by atoms with van der Waals surface area (Å²) in [5, 5.41) is 9.46. The number of carbonyl (C=O) groups excluding carboxylic acids is 1. The van der Waals surface area contributed by atoms with Gasteiger partial charge in [0.15, 0.2) is 0 Å². The van der Waals surface area contributed by atoms with Gasteiger partial charge in [0, 0.05) is 16.6 Å². The van der Waals surface area contributed by atoms with Crippen molar-refractivity contribution < 1.29 is 4.79 Å². The quantitative estimate of drug-likeness (QED) is 0.250. The highest BCUT2D eigenvalue weighted by Gasteiger charge is 2.29. The maximum atomic E-state index is 12.6. The number of nitrogens with zero attached hydrogens (tertiary/aromatic N) is 1. The number of hydrogen-bond donors (Lipinski definition) is 3. The van der Waals surface area contributed by atoms with Crippen molar-refractivity contribution in [3.05, 3.63) is 95.0 Å². The summed E-state index contributed by atoms with van der Waals surface area (Å²) in [6.07, 6.45) is 2.36. The van der Waals surface area contributed by atoms with Gasteiger partial charge in [0.2, 0.25) is 0 Å². The summed E-state index contributed by atoms with van der Waals surface area (Å²) in [6, 6.07) is 25.9. The molecular formula is C25H21ClN4O. The van der Waals surface area contributed by atoms with E-state index in [0.717, 1.165) is 32.7 Å². The average Bonchev–Trinajstić information content (AvgIpc) is 3.29. The molecule has 0 bridgehead atoms. The van der Waals surface area contributed by atoms with Crippen LogP contribution in [0.3, 0.4) is 0 Å². The second-order valence-electron chi connectivity index (χ2n) is 7.65. The van der Waals surface area contributed by atoms with Crippen LogP contribution in [0.25, 0.3) is 21.5 Å². The standard InChI is InChI=1S/C25H21ClN4O/c26-19-11-9-16(10-12-19)23-14-24(29-28-23)25(31)30-27-15-22-20-7-3-1-5-17(20)13-18-6-2-4-8-21(18)22/h1-13,15,23-24,28-29H,14H2,(H,30,31)/b27-15+. The highest BCUT2D eigenvalue weighted by atomic mass is 35.5. The molecule has 5 rings (SSSR count). The summed E-state index contributed by atoms with van der Waals surface area (Å²) in [5.41, 5.74) is 11.0. The topological polar surface area (TPSA) is 65.5 Å². The van der Waals surface area contributed by atoms with E-state index in [2.05, 4.69) is 51.7 Å². The van der Waals surface area contributed by atoms with Crippen molar-refractivity contribution in [3.8, 4) is 0 Å². The summed E-state index contributed by atoms with van der Waals surface area (Å²) in [7, 11) is 0. The van der Waals surface area contributed by atoms with Crippen molar-refractivity contribution in [2.45, 2.75) is 18.5 Å². The van der Waals surface area contributed by atoms with E-state index in [1.165, 1.54) is 0 Å². The third kappa shape index (κ3) is 4.03. The molecule has 0 saturated carbocycles. The largest absolute Gasteiger partial charge is 0.271 e. The number of hydrogen-bond acceptors (Lipinski definition) is 4. The Kier molecular flexibility index (Phi) is 5.38. The number of benzene rings is 4. The first-order valence-corrected chi connectivity index (χ1v) is 10.6. The first-order chi connectivity index (χ1) is 15.2. The van der Waals surface area contributed by atoms with Crippen LogP contribution in [0.15, 0.2) is 84.0 Å². The monoisotopic (exact) mass is 428 g/mol. The molecule has 1 aliphatic rings. The molecule has 0 spiro atoms. The Bertz CT molecular complexity index is 1230. The van der Waals surface area contributed by atoms with Crippen molar-refractivity contribution in [2.75, 3.05) is 0 Å². The SMILES string of the molecule is O=C(N/N=C/c1c2ccccc2cc2ccccc12)C1CC(c2ccc(Cl)cc2)NN1. The van der Waals surface area contributed by atoms with Gasteiger partial charge in [0.25, 0.3) is 5.91 Å². The fraction of sp³-hybridized carbons (Fsp3) is 0.120. The van der Waals surface area contributed by atoms with E-state index >= 15 is 0 Å². The fourth-order valence-corrected chi connectivity index (χ4v) is 4.19. The van der Waals surface area contributed by atoms with Gasteiger partial charge in [0.05, 0.1) is 6.21 Å². The zero-order chi connectivity index (χ0) is 21.2. The van der Waals surface area contributed by atoms with Gasteiger partial charge in [-0.1, -0.05) is 72.3 Å². The molecule has 5 nitrogen and oxygen atoms in total. The molecule has 0 aromatic heterocycles. The first kappa shape index (κ1) is 19.7. The number of rotatable bonds is 4. The number of halogens is 1. The summed E-state index contributed by atoms with van der Waals surface area (Å²) in [4.78, 5) is 12.6. The minimum Gasteiger partial charge on any atom is -0.271 e. The lowest BCUT2D eigenvalue weighted by Crippen LogP contribution is -2.41. The van der Waals surface area contributed by atoms with Gasteiger partial charge in [-0.25, -0.2) is 16.3 Å². The van der Waals surface area contributed by atoms with Crippen LogP contribution in [0.2, 0.25) is 5.02 Å². The van der Waals surface area contributed by atoms with Crippen LogP contribution in [0, 0.1) is 0 Å². The van der Waals surface area contributed by atoms with E-state index in [0.29, 0.717) is 11.4 Å². The van der Waals surface area contributed by atoms with E-state index in [1.807, 2.05) is 48.5 Å². The molecule has 0 radical (unpaired) electrons. The Morgan fingerprint density at radius 1 is 0.935 bits per heavy atom. The average molecular weight is 429 g/mol. The minimum atomic E-state index is -0.373. The molecular weight excluding hydrogens is 408 g/mol. The molecule has 4 aromatic carbocycles. The molecule has 1 aliphatic heterocycles. The highest BCUT2D eigenvalue weighted by molar-refractivity contribution is 6.30. The molecule has 31 heavy (non-hydrogen) atoms. The Morgan fingerprint density at radius 3 is 2.26 bits per heavy atom. The smallest absolute Gasteiger partial charge is 0.258 e. The lowest BCUT2D eigenvalue weighted by atomic mass is 9.97. The van der Waals surface area contributed by atoms with Crippen LogP contribution in [-0.4, -0.2) is 18.2 Å². The van der Waals surface area contributed by atoms with Gasteiger partial charge < -0.3 is 0 Å². The van der Waals surface area contributed by atoms with Crippen LogP contribution >= 0.6 is 11.6 Å². The summed E-state index contributed by atoms with van der Waals surface area (Å²) < 4.78 is 0. The first-order valence-electron chi connectivity index (χ1n) is 10.2. The summed E-state index contributed by atoms with van der Waals surface area (Å²) in [5.74, 6) is -0.176. The molecule has 1 amide bonds.